The van der Waals surface area contributed by atoms with Crippen molar-refractivity contribution in [1.29, 1.82) is 0 Å². The van der Waals surface area contributed by atoms with E-state index in [9.17, 15) is 19.2 Å². The van der Waals surface area contributed by atoms with Gasteiger partial charge in [0.2, 0.25) is 0 Å². The zero-order valence-electron chi connectivity index (χ0n) is 9.62. The number of hydrogen-bond acceptors (Lipinski definition) is 4. The third-order valence-electron chi connectivity index (χ3n) is 2.65. The molecular weight excluding hydrogens is 236 g/mol. The molecule has 0 aromatic heterocycles. The molecule has 1 fully saturated rings. The molecule has 1 aliphatic heterocycles. The van der Waals surface area contributed by atoms with Gasteiger partial charge in [0.15, 0.2) is 5.78 Å². The van der Waals surface area contributed by atoms with Gasteiger partial charge >= 0.3 is 17.8 Å². The van der Waals surface area contributed by atoms with Crippen molar-refractivity contribution in [2.24, 2.45) is 0 Å². The number of imide groups is 2. The van der Waals surface area contributed by atoms with Gasteiger partial charge in [-0.2, -0.15) is 0 Å². The van der Waals surface area contributed by atoms with Gasteiger partial charge in [-0.05, 0) is 0 Å². The molecule has 0 aliphatic carbocycles. The van der Waals surface area contributed by atoms with E-state index < -0.39 is 24.4 Å². The number of carbonyl (C=O) groups excluding carboxylic acids is 4. The quantitative estimate of drug-likeness (QED) is 0.436. The molecule has 92 valence electrons. The molecule has 0 unspecified atom stereocenters. The van der Waals surface area contributed by atoms with Crippen molar-refractivity contribution in [3.05, 3.63) is 35.9 Å². The highest BCUT2D eigenvalue weighted by molar-refractivity contribution is 6.45. The predicted molar refractivity (Wildman–Crippen MR) is 60.7 cm³/mol. The van der Waals surface area contributed by atoms with Crippen LogP contribution in [0.5, 0.6) is 0 Å². The van der Waals surface area contributed by atoms with Crippen molar-refractivity contribution < 1.29 is 19.2 Å². The summed E-state index contributed by atoms with van der Waals surface area (Å²) in [7, 11) is 1.20. The maximum absolute atomic E-state index is 11.8. The molecule has 0 atom stereocenters. The van der Waals surface area contributed by atoms with Crippen LogP contribution in [0.4, 0.5) is 4.79 Å². The molecule has 0 saturated carbocycles. The highest BCUT2D eigenvalue weighted by atomic mass is 16.2. The van der Waals surface area contributed by atoms with E-state index in [1.54, 1.807) is 30.3 Å². The van der Waals surface area contributed by atoms with Gasteiger partial charge in [-0.1, -0.05) is 30.3 Å². The second-order valence-corrected chi connectivity index (χ2v) is 3.83. The highest BCUT2D eigenvalue weighted by Crippen LogP contribution is 2.11. The minimum atomic E-state index is -0.966. The van der Waals surface area contributed by atoms with Crippen LogP contribution in [0.3, 0.4) is 0 Å². The number of benzene rings is 1. The van der Waals surface area contributed by atoms with Crippen molar-refractivity contribution in [3.63, 3.8) is 0 Å². The van der Waals surface area contributed by atoms with Gasteiger partial charge in [-0.15, -0.1) is 0 Å². The van der Waals surface area contributed by atoms with Crippen LogP contribution in [0.2, 0.25) is 0 Å². The van der Waals surface area contributed by atoms with E-state index in [2.05, 4.69) is 0 Å². The smallest absolute Gasteiger partial charge is 0.292 e. The lowest BCUT2D eigenvalue weighted by molar-refractivity contribution is -0.142. The summed E-state index contributed by atoms with van der Waals surface area (Å²) < 4.78 is 0. The Morgan fingerprint density at radius 1 is 1.06 bits per heavy atom. The first-order valence-corrected chi connectivity index (χ1v) is 5.24. The van der Waals surface area contributed by atoms with Crippen LogP contribution in [-0.2, 0) is 9.59 Å². The molecule has 1 heterocycles. The molecule has 1 aliphatic rings. The summed E-state index contributed by atoms with van der Waals surface area (Å²) in [4.78, 5) is 47.4. The summed E-state index contributed by atoms with van der Waals surface area (Å²) in [5.41, 5.74) is 0.389. The van der Waals surface area contributed by atoms with Gasteiger partial charge in [0, 0.05) is 12.6 Å². The number of urea groups is 1. The molecule has 0 bridgehead atoms. The maximum Gasteiger partial charge on any atom is 0.334 e. The maximum atomic E-state index is 11.8. The fourth-order valence-electron chi connectivity index (χ4n) is 1.61. The van der Waals surface area contributed by atoms with Crippen molar-refractivity contribution in [1.82, 2.24) is 9.80 Å². The lowest BCUT2D eigenvalue weighted by atomic mass is 10.1. The summed E-state index contributed by atoms with van der Waals surface area (Å²) in [6, 6.07) is 7.50. The van der Waals surface area contributed by atoms with E-state index >= 15 is 0 Å². The lowest BCUT2D eigenvalue weighted by Crippen LogP contribution is -2.36. The third-order valence-corrected chi connectivity index (χ3v) is 2.65. The zero-order chi connectivity index (χ0) is 13.3. The van der Waals surface area contributed by atoms with Crippen LogP contribution in [0.15, 0.2) is 30.3 Å². The number of hydrogen-bond donors (Lipinski definition) is 0. The van der Waals surface area contributed by atoms with E-state index in [0.29, 0.717) is 15.4 Å². The highest BCUT2D eigenvalue weighted by Gasteiger charge is 2.42. The van der Waals surface area contributed by atoms with Crippen molar-refractivity contribution in [2.45, 2.75) is 0 Å². The van der Waals surface area contributed by atoms with Crippen molar-refractivity contribution in [2.75, 3.05) is 13.6 Å². The molecule has 2 rings (SSSR count). The largest absolute Gasteiger partial charge is 0.334 e. The number of likely N-dealkylation sites (N-methyl/N-ethyl adjacent to an activating group) is 1. The Labute approximate surface area is 103 Å². The van der Waals surface area contributed by atoms with Crippen LogP contribution in [0, 0.1) is 0 Å². The number of Topliss-reactive ketones (excluding diaryl/α,β-unsaturated/α-hetero) is 1. The van der Waals surface area contributed by atoms with Crippen LogP contribution >= 0.6 is 0 Å². The fraction of sp³-hybridized carbons (Fsp3) is 0.167. The average molecular weight is 246 g/mol. The van der Waals surface area contributed by atoms with E-state index in [-0.39, 0.29) is 5.78 Å². The van der Waals surface area contributed by atoms with Crippen molar-refractivity contribution >= 4 is 23.6 Å². The Bertz CT molecular complexity index is 538. The second-order valence-electron chi connectivity index (χ2n) is 3.83. The first kappa shape index (κ1) is 12.0. The fourth-order valence-corrected chi connectivity index (χ4v) is 1.61. The van der Waals surface area contributed by atoms with Gasteiger partial charge in [0.25, 0.3) is 0 Å². The summed E-state index contributed by atoms with van der Waals surface area (Å²) in [5, 5.41) is 0. The van der Waals surface area contributed by atoms with E-state index in [1.807, 2.05) is 0 Å². The average Bonchev–Trinajstić information content (AvgIpc) is 2.57. The lowest BCUT2D eigenvalue weighted by Gasteiger charge is -2.11. The molecule has 1 aromatic carbocycles. The van der Waals surface area contributed by atoms with E-state index in [1.165, 1.54) is 7.05 Å². The summed E-state index contributed by atoms with van der Waals surface area (Å²) in [6.45, 7) is -0.419. The Morgan fingerprint density at radius 2 is 1.67 bits per heavy atom. The van der Waals surface area contributed by atoms with Crippen molar-refractivity contribution in [3.8, 4) is 0 Å². The minimum absolute atomic E-state index is 0.389. The van der Waals surface area contributed by atoms with E-state index in [0.717, 1.165) is 0 Å². The topological polar surface area (TPSA) is 74.8 Å². The Balaban J connectivity index is 2.16. The zero-order valence-corrected chi connectivity index (χ0v) is 9.62. The molecular formula is C12H10N2O4. The van der Waals surface area contributed by atoms with Gasteiger partial charge < -0.3 is 0 Å². The van der Waals surface area contributed by atoms with Crippen LogP contribution in [-0.4, -0.2) is 47.0 Å². The monoisotopic (exact) mass is 246 g/mol. The molecule has 1 aromatic rings. The van der Waals surface area contributed by atoms with Gasteiger partial charge in [-0.3, -0.25) is 19.3 Å². The Morgan fingerprint density at radius 3 is 2.17 bits per heavy atom. The molecule has 6 heteroatoms. The summed E-state index contributed by atoms with van der Waals surface area (Å²) in [6.07, 6.45) is 0. The van der Waals surface area contributed by atoms with Crippen LogP contribution in [0.25, 0.3) is 0 Å². The number of carbonyl (C=O) groups is 4. The van der Waals surface area contributed by atoms with Crippen LogP contribution in [0.1, 0.15) is 10.4 Å². The standard InChI is InChI=1S/C12H10N2O4/c1-13-10(16)11(17)14(12(13)18)7-9(15)8-5-3-2-4-6-8/h2-6H,7H2,1H3. The SMILES string of the molecule is CN1C(=O)C(=O)N(CC(=O)c2ccccc2)C1=O. The van der Waals surface area contributed by atoms with Gasteiger partial charge in [0.1, 0.15) is 0 Å². The first-order chi connectivity index (χ1) is 8.52. The summed E-state index contributed by atoms with van der Waals surface area (Å²) >= 11 is 0. The second kappa shape index (κ2) is 4.40. The third kappa shape index (κ3) is 1.88. The molecule has 4 amide bonds. The Kier molecular flexibility index (Phi) is 2.93. The molecule has 18 heavy (non-hydrogen) atoms. The van der Waals surface area contributed by atoms with E-state index in [4.69, 9.17) is 0 Å². The number of rotatable bonds is 3. The molecule has 0 radical (unpaired) electrons. The number of nitrogens with zero attached hydrogens (tertiary/aromatic N) is 2. The number of ketones is 1. The molecule has 1 saturated heterocycles. The summed E-state index contributed by atoms with van der Waals surface area (Å²) in [5.74, 6) is -2.27. The molecule has 0 spiro atoms. The number of amides is 4. The van der Waals surface area contributed by atoms with Crippen LogP contribution < -0.4 is 0 Å². The van der Waals surface area contributed by atoms with Gasteiger partial charge in [-0.25, -0.2) is 9.69 Å². The first-order valence-electron chi connectivity index (χ1n) is 5.24. The molecule has 6 nitrogen and oxygen atoms in total. The van der Waals surface area contributed by atoms with Gasteiger partial charge in [0.05, 0.1) is 6.54 Å². The minimum Gasteiger partial charge on any atom is -0.292 e. The molecule has 0 N–H and O–H groups in total. The Hall–Kier alpha value is -2.50. The normalized spacial score (nSPS) is 15.5. The predicted octanol–water partition coefficient (Wildman–Crippen LogP) is 0.290.